The monoisotopic (exact) mass is 264 g/mol. The van der Waals surface area contributed by atoms with Gasteiger partial charge < -0.3 is 10.3 Å². The SMILES string of the molecule is CC(C)CNCc1cc(=O)[nH]c(-c2cncs2)n1. The van der Waals surface area contributed by atoms with E-state index in [1.165, 1.54) is 17.4 Å². The quantitative estimate of drug-likeness (QED) is 0.861. The minimum Gasteiger partial charge on any atom is -0.311 e. The number of rotatable bonds is 5. The van der Waals surface area contributed by atoms with Gasteiger partial charge in [0.25, 0.3) is 5.56 Å². The van der Waals surface area contributed by atoms with E-state index in [0.717, 1.165) is 17.1 Å². The van der Waals surface area contributed by atoms with Crippen LogP contribution in [0.15, 0.2) is 22.6 Å². The lowest BCUT2D eigenvalue weighted by molar-refractivity contribution is 0.548. The van der Waals surface area contributed by atoms with Crippen LogP contribution in [-0.2, 0) is 6.54 Å². The van der Waals surface area contributed by atoms with E-state index in [9.17, 15) is 4.79 Å². The average Bonchev–Trinajstić information content (AvgIpc) is 2.81. The molecule has 0 bridgehead atoms. The molecule has 5 nitrogen and oxygen atoms in total. The second kappa shape index (κ2) is 5.88. The summed E-state index contributed by atoms with van der Waals surface area (Å²) < 4.78 is 0. The Morgan fingerprint density at radius 2 is 2.33 bits per heavy atom. The standard InChI is InChI=1S/C12H16N4OS/c1-8(2)4-13-5-9-3-11(17)16-12(15-9)10-6-14-7-18-10/h3,6-8,13H,4-5H2,1-2H3,(H,15,16,17). The summed E-state index contributed by atoms with van der Waals surface area (Å²) in [6.07, 6.45) is 1.70. The van der Waals surface area contributed by atoms with Gasteiger partial charge in [0, 0.05) is 18.8 Å². The second-order valence-electron chi connectivity index (χ2n) is 4.48. The van der Waals surface area contributed by atoms with Gasteiger partial charge in [-0.3, -0.25) is 9.78 Å². The van der Waals surface area contributed by atoms with E-state index in [2.05, 4.69) is 34.1 Å². The Hall–Kier alpha value is -1.53. The molecule has 0 saturated carbocycles. The molecule has 0 amide bonds. The number of H-pyrrole nitrogens is 1. The number of hydrogen-bond donors (Lipinski definition) is 2. The zero-order valence-corrected chi connectivity index (χ0v) is 11.3. The minimum atomic E-state index is -0.130. The topological polar surface area (TPSA) is 70.7 Å². The first kappa shape index (κ1) is 12.9. The third-order valence-corrected chi connectivity index (χ3v) is 3.10. The molecule has 2 N–H and O–H groups in total. The van der Waals surface area contributed by atoms with Crippen LogP contribution in [-0.4, -0.2) is 21.5 Å². The van der Waals surface area contributed by atoms with Gasteiger partial charge in [-0.25, -0.2) is 4.98 Å². The highest BCUT2D eigenvalue weighted by Gasteiger charge is 2.05. The van der Waals surface area contributed by atoms with Crippen LogP contribution in [0.25, 0.3) is 10.7 Å². The molecule has 0 atom stereocenters. The summed E-state index contributed by atoms with van der Waals surface area (Å²) in [6.45, 7) is 5.79. The molecule has 18 heavy (non-hydrogen) atoms. The fraction of sp³-hybridized carbons (Fsp3) is 0.417. The number of nitrogens with zero attached hydrogens (tertiary/aromatic N) is 2. The van der Waals surface area contributed by atoms with E-state index < -0.39 is 0 Å². The largest absolute Gasteiger partial charge is 0.311 e. The fourth-order valence-corrected chi connectivity index (χ4v) is 2.10. The number of nitrogens with one attached hydrogen (secondary N) is 2. The van der Waals surface area contributed by atoms with E-state index in [0.29, 0.717) is 18.3 Å². The molecule has 2 aromatic heterocycles. The molecule has 6 heteroatoms. The van der Waals surface area contributed by atoms with Gasteiger partial charge in [-0.15, -0.1) is 11.3 Å². The van der Waals surface area contributed by atoms with Crippen molar-refractivity contribution in [2.45, 2.75) is 20.4 Å². The lowest BCUT2D eigenvalue weighted by Crippen LogP contribution is -2.21. The van der Waals surface area contributed by atoms with Gasteiger partial charge >= 0.3 is 0 Å². The highest BCUT2D eigenvalue weighted by Crippen LogP contribution is 2.17. The Bertz CT molecular complexity index is 547. The first-order valence-corrected chi connectivity index (χ1v) is 6.73. The lowest BCUT2D eigenvalue weighted by atomic mass is 10.2. The number of aromatic amines is 1. The van der Waals surface area contributed by atoms with Gasteiger partial charge in [-0.2, -0.15) is 0 Å². The first-order chi connectivity index (χ1) is 8.65. The third-order valence-electron chi connectivity index (χ3n) is 2.32. The molecule has 0 aliphatic rings. The van der Waals surface area contributed by atoms with E-state index in [4.69, 9.17) is 0 Å². The molecule has 0 aromatic carbocycles. The zero-order chi connectivity index (χ0) is 13.0. The summed E-state index contributed by atoms with van der Waals surface area (Å²) in [7, 11) is 0. The van der Waals surface area contributed by atoms with Crippen molar-refractivity contribution in [3.8, 4) is 10.7 Å². The molecule has 0 saturated heterocycles. The molecule has 0 radical (unpaired) electrons. The predicted octanol–water partition coefficient (Wildman–Crippen LogP) is 1.64. The lowest BCUT2D eigenvalue weighted by Gasteiger charge is -2.07. The summed E-state index contributed by atoms with van der Waals surface area (Å²) in [4.78, 5) is 23.6. The maximum atomic E-state index is 11.6. The molecule has 0 spiro atoms. The van der Waals surface area contributed by atoms with Crippen molar-refractivity contribution in [3.63, 3.8) is 0 Å². The van der Waals surface area contributed by atoms with Crippen LogP contribution < -0.4 is 10.9 Å². The van der Waals surface area contributed by atoms with Crippen LogP contribution in [0, 0.1) is 5.92 Å². The Balaban J connectivity index is 2.14. The van der Waals surface area contributed by atoms with Crippen molar-refractivity contribution in [1.82, 2.24) is 20.3 Å². The molecule has 2 aromatic rings. The smallest absolute Gasteiger partial charge is 0.251 e. The summed E-state index contributed by atoms with van der Waals surface area (Å²) in [5.74, 6) is 1.17. The number of thiazole rings is 1. The summed E-state index contributed by atoms with van der Waals surface area (Å²) >= 11 is 1.46. The summed E-state index contributed by atoms with van der Waals surface area (Å²) in [6, 6.07) is 1.53. The maximum Gasteiger partial charge on any atom is 0.251 e. The van der Waals surface area contributed by atoms with Crippen LogP contribution in [0.5, 0.6) is 0 Å². The normalized spacial score (nSPS) is 11.1. The summed E-state index contributed by atoms with van der Waals surface area (Å²) in [5, 5.41) is 3.27. The van der Waals surface area contributed by atoms with Crippen molar-refractivity contribution in [3.05, 3.63) is 33.8 Å². The molecule has 96 valence electrons. The maximum absolute atomic E-state index is 11.6. The average molecular weight is 264 g/mol. The van der Waals surface area contributed by atoms with Gasteiger partial charge in [0.2, 0.25) is 0 Å². The van der Waals surface area contributed by atoms with Gasteiger partial charge in [-0.1, -0.05) is 13.8 Å². The minimum absolute atomic E-state index is 0.130. The van der Waals surface area contributed by atoms with Crippen LogP contribution in [0.1, 0.15) is 19.5 Å². The van der Waals surface area contributed by atoms with Gasteiger partial charge in [0.1, 0.15) is 0 Å². The molecule has 0 aliphatic heterocycles. The Morgan fingerprint density at radius 3 is 3.00 bits per heavy atom. The van der Waals surface area contributed by atoms with Crippen LogP contribution in [0.4, 0.5) is 0 Å². The van der Waals surface area contributed by atoms with E-state index in [-0.39, 0.29) is 5.56 Å². The highest BCUT2D eigenvalue weighted by molar-refractivity contribution is 7.13. The molecular formula is C12H16N4OS. The van der Waals surface area contributed by atoms with Gasteiger partial charge in [0.15, 0.2) is 5.82 Å². The Kier molecular flexibility index (Phi) is 4.22. The van der Waals surface area contributed by atoms with Crippen molar-refractivity contribution >= 4 is 11.3 Å². The van der Waals surface area contributed by atoms with Crippen molar-refractivity contribution in [1.29, 1.82) is 0 Å². The van der Waals surface area contributed by atoms with Gasteiger partial charge in [0.05, 0.1) is 16.1 Å². The van der Waals surface area contributed by atoms with E-state index in [1.54, 1.807) is 11.7 Å². The van der Waals surface area contributed by atoms with Crippen LogP contribution in [0.2, 0.25) is 0 Å². The van der Waals surface area contributed by atoms with E-state index >= 15 is 0 Å². The Labute approximate surface area is 109 Å². The molecule has 2 rings (SSSR count). The van der Waals surface area contributed by atoms with Crippen LogP contribution >= 0.6 is 11.3 Å². The highest BCUT2D eigenvalue weighted by atomic mass is 32.1. The third kappa shape index (κ3) is 3.48. The number of hydrogen-bond acceptors (Lipinski definition) is 5. The van der Waals surface area contributed by atoms with Crippen molar-refractivity contribution in [2.75, 3.05) is 6.54 Å². The molecule has 0 unspecified atom stereocenters. The molecule has 2 heterocycles. The fourth-order valence-electron chi connectivity index (χ4n) is 1.54. The second-order valence-corrected chi connectivity index (χ2v) is 5.36. The van der Waals surface area contributed by atoms with Crippen molar-refractivity contribution < 1.29 is 0 Å². The predicted molar refractivity (Wildman–Crippen MR) is 72.5 cm³/mol. The first-order valence-electron chi connectivity index (χ1n) is 5.85. The van der Waals surface area contributed by atoms with Crippen molar-refractivity contribution in [2.24, 2.45) is 5.92 Å². The molecular weight excluding hydrogens is 248 g/mol. The summed E-state index contributed by atoms with van der Waals surface area (Å²) in [5.41, 5.74) is 2.34. The van der Waals surface area contributed by atoms with E-state index in [1.807, 2.05) is 0 Å². The number of aromatic nitrogens is 3. The molecule has 0 fully saturated rings. The zero-order valence-electron chi connectivity index (χ0n) is 10.4. The molecule has 0 aliphatic carbocycles. The van der Waals surface area contributed by atoms with Gasteiger partial charge in [-0.05, 0) is 12.5 Å². The van der Waals surface area contributed by atoms with Crippen LogP contribution in [0.3, 0.4) is 0 Å². The Morgan fingerprint density at radius 1 is 1.50 bits per heavy atom.